The molecule has 0 amide bonds. The van der Waals surface area contributed by atoms with E-state index in [2.05, 4.69) is 25.6 Å². The van der Waals surface area contributed by atoms with Crippen LogP contribution in [-0.4, -0.2) is 13.4 Å². The Hall–Kier alpha value is -0.800. The monoisotopic (exact) mass is 389 g/mol. The molecule has 1 aromatic heterocycles. The van der Waals surface area contributed by atoms with Gasteiger partial charge in [0.2, 0.25) is 10.0 Å². The summed E-state index contributed by atoms with van der Waals surface area (Å²) < 4.78 is 27.7. The van der Waals surface area contributed by atoms with Crippen LogP contribution < -0.4 is 10.5 Å². The van der Waals surface area contributed by atoms with Crippen molar-refractivity contribution >= 4 is 37.3 Å². The van der Waals surface area contributed by atoms with E-state index >= 15 is 0 Å². The molecule has 0 aliphatic heterocycles. The number of hydrogen-bond acceptors (Lipinski definition) is 5. The molecule has 8 heteroatoms. The first-order valence-corrected chi connectivity index (χ1v) is 9.47. The number of nitrogens with two attached hydrogens (primary N) is 1. The highest BCUT2D eigenvalue weighted by Gasteiger charge is 2.18. The second-order valence-electron chi connectivity index (χ2n) is 4.37. The summed E-state index contributed by atoms with van der Waals surface area (Å²) in [5, 5.41) is 0.755. The maximum absolute atomic E-state index is 12.3. The van der Waals surface area contributed by atoms with E-state index in [4.69, 9.17) is 5.73 Å². The van der Waals surface area contributed by atoms with Crippen molar-refractivity contribution in [3.8, 4) is 0 Å². The van der Waals surface area contributed by atoms with Crippen molar-refractivity contribution in [2.24, 2.45) is 5.73 Å². The average Bonchev–Trinajstić information content (AvgIpc) is 2.93. The van der Waals surface area contributed by atoms with Gasteiger partial charge in [-0.05, 0) is 40.0 Å². The van der Waals surface area contributed by atoms with Crippen LogP contribution in [0.25, 0.3) is 0 Å². The maximum atomic E-state index is 12.3. The van der Waals surface area contributed by atoms with Gasteiger partial charge in [0.05, 0.1) is 11.4 Å². The molecule has 3 N–H and O–H groups in total. The minimum Gasteiger partial charge on any atom is -0.326 e. The number of sulfonamides is 1. The normalized spacial score (nSPS) is 11.8. The molecule has 0 aliphatic carbocycles. The third kappa shape index (κ3) is 4.10. The molecule has 0 fully saturated rings. The number of thiazole rings is 1. The lowest BCUT2D eigenvalue weighted by atomic mass is 10.2. The van der Waals surface area contributed by atoms with Crippen molar-refractivity contribution in [1.82, 2.24) is 9.71 Å². The second kappa shape index (κ2) is 6.97. The summed E-state index contributed by atoms with van der Waals surface area (Å²) >= 11 is 4.79. The molecule has 0 aliphatic rings. The van der Waals surface area contributed by atoms with Crippen LogP contribution in [0, 0.1) is 0 Å². The standard InChI is InChI=1S/C13H16BrN3O2S2/c1-2-10-7-16-13(20-10)8-17-21(18,19)12-4-3-9(6-15)5-11(12)14/h3-5,7,17H,2,6,8,15H2,1H3. The molecular weight excluding hydrogens is 374 g/mol. The molecule has 0 spiro atoms. The van der Waals surface area contributed by atoms with Gasteiger partial charge in [-0.15, -0.1) is 11.3 Å². The molecule has 0 saturated heterocycles. The largest absolute Gasteiger partial charge is 0.326 e. The SMILES string of the molecule is CCc1cnc(CNS(=O)(=O)c2ccc(CN)cc2Br)s1. The molecule has 21 heavy (non-hydrogen) atoms. The van der Waals surface area contributed by atoms with Crippen LogP contribution in [0.4, 0.5) is 0 Å². The van der Waals surface area contributed by atoms with Gasteiger partial charge in [0, 0.05) is 22.1 Å². The average molecular weight is 390 g/mol. The smallest absolute Gasteiger partial charge is 0.242 e. The Kier molecular flexibility index (Phi) is 5.50. The van der Waals surface area contributed by atoms with E-state index in [9.17, 15) is 8.42 Å². The van der Waals surface area contributed by atoms with E-state index in [0.29, 0.717) is 11.0 Å². The molecule has 0 bridgehead atoms. The second-order valence-corrected chi connectivity index (χ2v) is 8.16. The van der Waals surface area contributed by atoms with Gasteiger partial charge in [-0.1, -0.05) is 13.0 Å². The first kappa shape index (κ1) is 16.6. The zero-order valence-corrected chi connectivity index (χ0v) is 14.7. The number of aromatic nitrogens is 1. The number of nitrogens with zero attached hydrogens (tertiary/aromatic N) is 1. The Morgan fingerprint density at radius 1 is 1.43 bits per heavy atom. The van der Waals surface area contributed by atoms with Gasteiger partial charge in [0.25, 0.3) is 0 Å². The Labute approximate surface area is 136 Å². The van der Waals surface area contributed by atoms with Gasteiger partial charge in [-0.3, -0.25) is 0 Å². The van der Waals surface area contributed by atoms with Crippen LogP contribution in [-0.2, 0) is 29.5 Å². The summed E-state index contributed by atoms with van der Waals surface area (Å²) in [4.78, 5) is 5.53. The van der Waals surface area contributed by atoms with Gasteiger partial charge >= 0.3 is 0 Å². The zero-order chi connectivity index (χ0) is 15.5. The van der Waals surface area contributed by atoms with Crippen molar-refractivity contribution in [2.45, 2.75) is 31.3 Å². The van der Waals surface area contributed by atoms with Crippen molar-refractivity contribution in [1.29, 1.82) is 0 Å². The predicted molar refractivity (Wildman–Crippen MR) is 87.6 cm³/mol. The number of halogens is 1. The summed E-state index contributed by atoms with van der Waals surface area (Å²) in [6.45, 7) is 2.60. The molecule has 1 aromatic carbocycles. The lowest BCUT2D eigenvalue weighted by molar-refractivity contribution is 0.580. The molecule has 1 heterocycles. The van der Waals surface area contributed by atoms with Gasteiger partial charge in [-0.25, -0.2) is 18.1 Å². The highest BCUT2D eigenvalue weighted by Crippen LogP contribution is 2.23. The molecular formula is C13H16BrN3O2S2. The van der Waals surface area contributed by atoms with Crippen LogP contribution in [0.3, 0.4) is 0 Å². The van der Waals surface area contributed by atoms with Crippen LogP contribution in [0.2, 0.25) is 0 Å². The Morgan fingerprint density at radius 2 is 2.19 bits per heavy atom. The lowest BCUT2D eigenvalue weighted by Gasteiger charge is -2.08. The fourth-order valence-electron chi connectivity index (χ4n) is 1.72. The zero-order valence-electron chi connectivity index (χ0n) is 11.5. The van der Waals surface area contributed by atoms with E-state index in [1.165, 1.54) is 11.3 Å². The number of hydrogen-bond donors (Lipinski definition) is 2. The summed E-state index contributed by atoms with van der Waals surface area (Å²) in [6.07, 6.45) is 2.68. The van der Waals surface area contributed by atoms with Gasteiger partial charge < -0.3 is 5.73 Å². The minimum absolute atomic E-state index is 0.193. The topological polar surface area (TPSA) is 85.1 Å². The molecule has 2 aromatic rings. The van der Waals surface area contributed by atoms with E-state index in [1.54, 1.807) is 24.4 Å². The first-order chi connectivity index (χ1) is 9.96. The molecule has 0 radical (unpaired) electrons. The quantitative estimate of drug-likeness (QED) is 0.793. The number of aryl methyl sites for hydroxylation is 1. The van der Waals surface area contributed by atoms with Crippen LogP contribution >= 0.6 is 27.3 Å². The molecule has 0 unspecified atom stereocenters. The van der Waals surface area contributed by atoms with E-state index < -0.39 is 10.0 Å². The van der Waals surface area contributed by atoms with Gasteiger partial charge in [0.15, 0.2) is 0 Å². The van der Waals surface area contributed by atoms with Gasteiger partial charge in [0.1, 0.15) is 5.01 Å². The Morgan fingerprint density at radius 3 is 2.76 bits per heavy atom. The van der Waals surface area contributed by atoms with Crippen molar-refractivity contribution in [3.05, 3.63) is 44.3 Å². The maximum Gasteiger partial charge on any atom is 0.242 e. The lowest BCUT2D eigenvalue weighted by Crippen LogP contribution is -2.23. The summed E-state index contributed by atoms with van der Waals surface area (Å²) in [7, 11) is -3.58. The van der Waals surface area contributed by atoms with Crippen LogP contribution in [0.5, 0.6) is 0 Å². The number of rotatable bonds is 6. The van der Waals surface area contributed by atoms with Crippen LogP contribution in [0.15, 0.2) is 33.8 Å². The Bertz CT molecular complexity index is 729. The molecule has 114 valence electrons. The summed E-state index contributed by atoms with van der Waals surface area (Å²) in [5.41, 5.74) is 6.40. The highest BCUT2D eigenvalue weighted by atomic mass is 79.9. The van der Waals surface area contributed by atoms with E-state index in [0.717, 1.165) is 21.9 Å². The highest BCUT2D eigenvalue weighted by molar-refractivity contribution is 9.10. The van der Waals surface area contributed by atoms with Gasteiger partial charge in [-0.2, -0.15) is 0 Å². The predicted octanol–water partition coefficient (Wildman–Crippen LogP) is 2.41. The first-order valence-electron chi connectivity index (χ1n) is 6.38. The van der Waals surface area contributed by atoms with Crippen molar-refractivity contribution < 1.29 is 8.42 Å². The third-order valence-electron chi connectivity index (χ3n) is 2.88. The Balaban J connectivity index is 2.14. The van der Waals surface area contributed by atoms with Crippen molar-refractivity contribution in [2.75, 3.05) is 0 Å². The third-order valence-corrected chi connectivity index (χ3v) is 6.40. The molecule has 5 nitrogen and oxygen atoms in total. The fourth-order valence-corrected chi connectivity index (χ4v) is 4.72. The summed E-state index contributed by atoms with van der Waals surface area (Å²) in [6, 6.07) is 4.97. The number of nitrogens with one attached hydrogen (secondary N) is 1. The minimum atomic E-state index is -3.58. The van der Waals surface area contributed by atoms with E-state index in [-0.39, 0.29) is 11.4 Å². The van der Waals surface area contributed by atoms with E-state index in [1.807, 2.05) is 6.92 Å². The number of benzene rings is 1. The molecule has 0 atom stereocenters. The molecule has 0 saturated carbocycles. The van der Waals surface area contributed by atoms with Crippen molar-refractivity contribution in [3.63, 3.8) is 0 Å². The molecule has 2 rings (SSSR count). The van der Waals surface area contributed by atoms with Crippen LogP contribution in [0.1, 0.15) is 22.4 Å². The fraction of sp³-hybridized carbons (Fsp3) is 0.308. The summed E-state index contributed by atoms with van der Waals surface area (Å²) in [5.74, 6) is 0.